The SMILES string of the molecule is Cc1cccn2c(=O)c(/C=C3\SC(=S)N(C(C)C)C3=O)c(N3CCN(c4ccccc4)CC3)nc12. The van der Waals surface area contributed by atoms with Gasteiger partial charge in [-0.1, -0.05) is 48.2 Å². The van der Waals surface area contributed by atoms with Crippen molar-refractivity contribution < 1.29 is 4.79 Å². The van der Waals surface area contributed by atoms with Gasteiger partial charge in [0.1, 0.15) is 15.8 Å². The molecule has 35 heavy (non-hydrogen) atoms. The second-order valence-corrected chi connectivity index (χ2v) is 10.7. The van der Waals surface area contributed by atoms with Crippen LogP contribution >= 0.6 is 24.0 Å². The predicted molar refractivity (Wildman–Crippen MR) is 147 cm³/mol. The van der Waals surface area contributed by atoms with Gasteiger partial charge in [-0.15, -0.1) is 0 Å². The second-order valence-electron chi connectivity index (χ2n) is 8.99. The van der Waals surface area contributed by atoms with Crippen LogP contribution in [0.3, 0.4) is 0 Å². The standard InChI is InChI=1S/C26H27N5O2S2/c1-17(2)31-25(33)21(35-26(31)34)16-20-23(27-22-18(3)8-7-11-30(22)24(20)32)29-14-12-28(13-15-29)19-9-5-4-6-10-19/h4-11,16-17H,12-15H2,1-3H3/b21-16-. The van der Waals surface area contributed by atoms with Crippen LogP contribution in [0.15, 0.2) is 58.4 Å². The summed E-state index contributed by atoms with van der Waals surface area (Å²) in [6.45, 7) is 8.88. The van der Waals surface area contributed by atoms with E-state index in [1.165, 1.54) is 17.4 Å². The summed E-state index contributed by atoms with van der Waals surface area (Å²) in [4.78, 5) is 38.3. The number of pyridine rings is 1. The first kappa shape index (κ1) is 23.6. The summed E-state index contributed by atoms with van der Waals surface area (Å²) in [7, 11) is 0. The summed E-state index contributed by atoms with van der Waals surface area (Å²) in [5.41, 5.74) is 2.97. The number of aromatic nitrogens is 2. The van der Waals surface area contributed by atoms with Crippen molar-refractivity contribution >= 4 is 57.4 Å². The van der Waals surface area contributed by atoms with Crippen LogP contribution in [0.2, 0.25) is 0 Å². The number of hydrogen-bond donors (Lipinski definition) is 0. The number of anilines is 2. The lowest BCUT2D eigenvalue weighted by Gasteiger charge is -2.37. The van der Waals surface area contributed by atoms with Crippen LogP contribution in [0.25, 0.3) is 11.7 Å². The highest BCUT2D eigenvalue weighted by molar-refractivity contribution is 8.26. The minimum absolute atomic E-state index is 0.0441. The lowest BCUT2D eigenvalue weighted by molar-refractivity contribution is -0.123. The van der Waals surface area contributed by atoms with E-state index in [-0.39, 0.29) is 17.5 Å². The number of carbonyl (C=O) groups is 1. The third-order valence-corrected chi connectivity index (χ3v) is 7.71. The number of nitrogens with zero attached hydrogens (tertiary/aromatic N) is 5. The number of hydrogen-bond acceptors (Lipinski definition) is 7. The number of para-hydroxylation sites is 1. The first-order chi connectivity index (χ1) is 16.8. The van der Waals surface area contributed by atoms with E-state index >= 15 is 0 Å². The van der Waals surface area contributed by atoms with E-state index in [2.05, 4.69) is 21.9 Å². The number of thiocarbonyl (C=S) groups is 1. The third-order valence-electron chi connectivity index (χ3n) is 6.38. The minimum atomic E-state index is -0.186. The van der Waals surface area contributed by atoms with Crippen molar-refractivity contribution in [3.63, 3.8) is 0 Å². The summed E-state index contributed by atoms with van der Waals surface area (Å²) in [5, 5.41) is 0. The van der Waals surface area contributed by atoms with Crippen LogP contribution in [0.4, 0.5) is 11.5 Å². The van der Waals surface area contributed by atoms with Crippen molar-refractivity contribution in [1.82, 2.24) is 14.3 Å². The fourth-order valence-electron chi connectivity index (χ4n) is 4.54. The Hall–Kier alpha value is -3.17. The van der Waals surface area contributed by atoms with E-state index < -0.39 is 0 Å². The van der Waals surface area contributed by atoms with Crippen LogP contribution < -0.4 is 15.4 Å². The van der Waals surface area contributed by atoms with Crippen LogP contribution in [0.5, 0.6) is 0 Å². The molecule has 4 heterocycles. The van der Waals surface area contributed by atoms with Gasteiger partial charge in [0.2, 0.25) is 0 Å². The summed E-state index contributed by atoms with van der Waals surface area (Å²) in [6.07, 6.45) is 3.41. The molecule has 3 aromatic rings. The summed E-state index contributed by atoms with van der Waals surface area (Å²) >= 11 is 6.69. The van der Waals surface area contributed by atoms with Crippen molar-refractivity contribution in [3.8, 4) is 0 Å². The lowest BCUT2D eigenvalue weighted by atomic mass is 10.2. The van der Waals surface area contributed by atoms with Gasteiger partial charge in [-0.2, -0.15) is 0 Å². The molecule has 0 unspecified atom stereocenters. The number of aryl methyl sites for hydroxylation is 1. The molecule has 0 radical (unpaired) electrons. The normalized spacial score (nSPS) is 17.9. The molecule has 0 saturated carbocycles. The van der Waals surface area contributed by atoms with Crippen molar-refractivity contribution in [2.45, 2.75) is 26.8 Å². The molecule has 2 saturated heterocycles. The first-order valence-corrected chi connectivity index (χ1v) is 12.9. The van der Waals surface area contributed by atoms with Gasteiger partial charge < -0.3 is 9.80 Å². The average molecular weight is 506 g/mol. The van der Waals surface area contributed by atoms with Gasteiger partial charge in [-0.3, -0.25) is 18.9 Å². The van der Waals surface area contributed by atoms with E-state index in [1.807, 2.05) is 51.1 Å². The lowest BCUT2D eigenvalue weighted by Crippen LogP contribution is -2.47. The largest absolute Gasteiger partial charge is 0.368 e. The van der Waals surface area contributed by atoms with E-state index in [1.54, 1.807) is 21.6 Å². The zero-order valence-corrected chi connectivity index (χ0v) is 21.6. The first-order valence-electron chi connectivity index (χ1n) is 11.7. The Labute approximate surface area is 214 Å². The van der Waals surface area contributed by atoms with Crippen molar-refractivity contribution in [1.29, 1.82) is 0 Å². The number of carbonyl (C=O) groups excluding carboxylic acids is 1. The van der Waals surface area contributed by atoms with Gasteiger partial charge in [0.15, 0.2) is 0 Å². The average Bonchev–Trinajstić information content (AvgIpc) is 3.14. The Morgan fingerprint density at radius 1 is 1.00 bits per heavy atom. The van der Waals surface area contributed by atoms with Gasteiger partial charge in [0.25, 0.3) is 11.5 Å². The summed E-state index contributed by atoms with van der Waals surface area (Å²) in [5.74, 6) is 0.454. The van der Waals surface area contributed by atoms with Gasteiger partial charge in [-0.05, 0) is 50.6 Å². The number of fused-ring (bicyclic) bond motifs is 1. The monoisotopic (exact) mass is 505 g/mol. The van der Waals surface area contributed by atoms with Crippen LogP contribution in [0, 0.1) is 6.92 Å². The van der Waals surface area contributed by atoms with Gasteiger partial charge in [-0.25, -0.2) is 4.98 Å². The molecule has 7 nitrogen and oxygen atoms in total. The highest BCUT2D eigenvalue weighted by atomic mass is 32.2. The van der Waals surface area contributed by atoms with Crippen molar-refractivity contribution in [2.75, 3.05) is 36.0 Å². The molecule has 0 N–H and O–H groups in total. The zero-order chi connectivity index (χ0) is 24.7. The smallest absolute Gasteiger partial charge is 0.267 e. The van der Waals surface area contributed by atoms with E-state index in [0.29, 0.717) is 26.3 Å². The summed E-state index contributed by atoms with van der Waals surface area (Å²) < 4.78 is 2.08. The van der Waals surface area contributed by atoms with Crippen molar-refractivity contribution in [3.05, 3.63) is 75.0 Å². The van der Waals surface area contributed by atoms with Crippen molar-refractivity contribution in [2.24, 2.45) is 0 Å². The molecule has 2 fully saturated rings. The van der Waals surface area contributed by atoms with Crippen LogP contribution in [-0.4, -0.2) is 56.7 Å². The molecule has 0 atom stereocenters. The maximum atomic E-state index is 13.7. The topological polar surface area (TPSA) is 61.2 Å². The molecule has 2 aliphatic heterocycles. The number of thioether (sulfide) groups is 1. The van der Waals surface area contributed by atoms with Crippen LogP contribution in [-0.2, 0) is 4.79 Å². The molecule has 2 aliphatic rings. The molecule has 5 rings (SSSR count). The van der Waals surface area contributed by atoms with Gasteiger partial charge >= 0.3 is 0 Å². The van der Waals surface area contributed by atoms with E-state index in [0.717, 1.165) is 31.7 Å². The quantitative estimate of drug-likeness (QED) is 0.393. The van der Waals surface area contributed by atoms with E-state index in [9.17, 15) is 9.59 Å². The molecule has 2 aromatic heterocycles. The fourth-order valence-corrected chi connectivity index (χ4v) is 6.04. The van der Waals surface area contributed by atoms with Crippen LogP contribution in [0.1, 0.15) is 25.0 Å². The second kappa shape index (κ2) is 9.47. The molecule has 0 bridgehead atoms. The molecule has 0 spiro atoms. The highest BCUT2D eigenvalue weighted by Crippen LogP contribution is 2.35. The minimum Gasteiger partial charge on any atom is -0.368 e. The fraction of sp³-hybridized carbons (Fsp3) is 0.308. The maximum absolute atomic E-state index is 13.7. The summed E-state index contributed by atoms with van der Waals surface area (Å²) in [6, 6.07) is 14.1. The molecular weight excluding hydrogens is 478 g/mol. The zero-order valence-electron chi connectivity index (χ0n) is 20.0. The van der Waals surface area contributed by atoms with Gasteiger partial charge in [0.05, 0.1) is 10.5 Å². The Kier molecular flexibility index (Phi) is 6.37. The molecule has 1 aromatic carbocycles. The molecule has 1 amide bonds. The number of piperazine rings is 1. The third kappa shape index (κ3) is 4.34. The maximum Gasteiger partial charge on any atom is 0.267 e. The Balaban J connectivity index is 1.57. The number of rotatable bonds is 4. The Morgan fingerprint density at radius 2 is 1.69 bits per heavy atom. The molecule has 9 heteroatoms. The molecular formula is C26H27N5O2S2. The highest BCUT2D eigenvalue weighted by Gasteiger charge is 2.34. The van der Waals surface area contributed by atoms with E-state index in [4.69, 9.17) is 17.2 Å². The predicted octanol–water partition coefficient (Wildman–Crippen LogP) is 3.94. The Bertz CT molecular complexity index is 1390. The Morgan fingerprint density at radius 3 is 2.34 bits per heavy atom. The van der Waals surface area contributed by atoms with Gasteiger partial charge in [0, 0.05) is 44.1 Å². The number of amides is 1. The molecule has 180 valence electrons. The number of benzene rings is 1. The molecule has 0 aliphatic carbocycles.